The Morgan fingerprint density at radius 1 is 1.08 bits per heavy atom. The molecule has 0 saturated carbocycles. The third kappa shape index (κ3) is 4.47. The first-order valence-electron chi connectivity index (χ1n) is 8.05. The summed E-state index contributed by atoms with van der Waals surface area (Å²) in [6.07, 6.45) is 0. The number of ether oxygens (including phenoxy) is 2. The lowest BCUT2D eigenvalue weighted by Gasteiger charge is -2.14. The van der Waals surface area contributed by atoms with Gasteiger partial charge < -0.3 is 14.8 Å². The number of para-hydroxylation sites is 1. The van der Waals surface area contributed by atoms with E-state index >= 15 is 0 Å². The van der Waals surface area contributed by atoms with Gasteiger partial charge >= 0.3 is 5.97 Å². The van der Waals surface area contributed by atoms with Gasteiger partial charge in [-0.15, -0.1) is 0 Å². The first-order chi connectivity index (χ1) is 12.3. The highest BCUT2D eigenvalue weighted by Crippen LogP contribution is 2.24. The highest BCUT2D eigenvalue weighted by atomic mass is 16.5. The molecule has 2 rings (SSSR count). The molecule has 136 valence electrons. The summed E-state index contributed by atoms with van der Waals surface area (Å²) in [6.45, 7) is 4.57. The van der Waals surface area contributed by atoms with Crippen molar-refractivity contribution in [2.45, 2.75) is 27.4 Å². The third-order valence-electron chi connectivity index (χ3n) is 3.84. The number of ketones is 1. The molecule has 0 aliphatic rings. The standard InChI is InChI=1S/C20H21NO5/c1-12-6-5-7-17(19(12)21-14(3)23)20(24)26-11-16-10-15(13(2)22)8-9-18(16)25-4/h5-10H,11H2,1-4H3,(H,21,23). The Labute approximate surface area is 152 Å². The largest absolute Gasteiger partial charge is 0.496 e. The first kappa shape index (κ1) is 19.2. The van der Waals surface area contributed by atoms with Gasteiger partial charge in [0.15, 0.2) is 5.78 Å². The normalized spacial score (nSPS) is 10.2. The van der Waals surface area contributed by atoms with E-state index in [0.717, 1.165) is 5.56 Å². The molecule has 1 N–H and O–H groups in total. The van der Waals surface area contributed by atoms with Gasteiger partial charge in [0.1, 0.15) is 12.4 Å². The van der Waals surface area contributed by atoms with Crippen LogP contribution in [0, 0.1) is 6.92 Å². The van der Waals surface area contributed by atoms with Gasteiger partial charge in [0, 0.05) is 18.1 Å². The quantitative estimate of drug-likeness (QED) is 0.633. The second-order valence-electron chi connectivity index (χ2n) is 5.84. The molecule has 6 nitrogen and oxygen atoms in total. The molecule has 0 atom stereocenters. The fourth-order valence-corrected chi connectivity index (χ4v) is 2.51. The van der Waals surface area contributed by atoms with Crippen LogP contribution >= 0.6 is 0 Å². The Hall–Kier alpha value is -3.15. The van der Waals surface area contributed by atoms with Gasteiger partial charge in [-0.1, -0.05) is 12.1 Å². The number of carbonyl (C=O) groups is 3. The second-order valence-corrected chi connectivity index (χ2v) is 5.84. The molecular weight excluding hydrogens is 334 g/mol. The van der Waals surface area contributed by atoms with Crippen molar-refractivity contribution < 1.29 is 23.9 Å². The minimum absolute atomic E-state index is 0.0589. The molecule has 0 unspecified atom stereocenters. The maximum Gasteiger partial charge on any atom is 0.340 e. The average Bonchev–Trinajstić information content (AvgIpc) is 2.60. The zero-order valence-corrected chi connectivity index (χ0v) is 15.2. The van der Waals surface area contributed by atoms with Gasteiger partial charge in [-0.2, -0.15) is 0 Å². The molecule has 2 aromatic carbocycles. The van der Waals surface area contributed by atoms with Crippen molar-refractivity contribution in [2.24, 2.45) is 0 Å². The minimum Gasteiger partial charge on any atom is -0.496 e. The van der Waals surface area contributed by atoms with E-state index in [1.54, 1.807) is 43.3 Å². The van der Waals surface area contributed by atoms with Crippen molar-refractivity contribution in [3.63, 3.8) is 0 Å². The second kappa shape index (κ2) is 8.29. The number of hydrogen-bond acceptors (Lipinski definition) is 5. The summed E-state index contributed by atoms with van der Waals surface area (Å²) in [5, 5.41) is 2.66. The predicted octanol–water partition coefficient (Wildman–Crippen LogP) is 3.52. The van der Waals surface area contributed by atoms with Crippen molar-refractivity contribution in [1.82, 2.24) is 0 Å². The van der Waals surface area contributed by atoms with Crippen molar-refractivity contribution in [2.75, 3.05) is 12.4 Å². The molecule has 0 aliphatic carbocycles. The Bertz CT molecular complexity index is 857. The molecule has 0 spiro atoms. The molecule has 0 saturated heterocycles. The SMILES string of the molecule is COc1ccc(C(C)=O)cc1COC(=O)c1cccc(C)c1NC(C)=O. The van der Waals surface area contributed by atoms with Crippen LogP contribution in [0.4, 0.5) is 5.69 Å². The lowest BCUT2D eigenvalue weighted by atomic mass is 10.1. The predicted molar refractivity (Wildman–Crippen MR) is 97.6 cm³/mol. The number of methoxy groups -OCH3 is 1. The Morgan fingerprint density at radius 3 is 2.42 bits per heavy atom. The molecule has 0 aliphatic heterocycles. The molecule has 26 heavy (non-hydrogen) atoms. The maximum atomic E-state index is 12.5. The van der Waals surface area contributed by atoms with Crippen LogP contribution in [0.1, 0.15) is 45.7 Å². The molecule has 0 fully saturated rings. The molecule has 0 aromatic heterocycles. The van der Waals surface area contributed by atoms with Gasteiger partial charge in [-0.25, -0.2) is 4.79 Å². The summed E-state index contributed by atoms with van der Waals surface area (Å²) >= 11 is 0. The summed E-state index contributed by atoms with van der Waals surface area (Å²) < 4.78 is 10.6. The molecule has 0 bridgehead atoms. The number of rotatable bonds is 6. The summed E-state index contributed by atoms with van der Waals surface area (Å²) in [4.78, 5) is 35.5. The Kier molecular flexibility index (Phi) is 6.11. The maximum absolute atomic E-state index is 12.5. The number of esters is 1. The van der Waals surface area contributed by atoms with Crippen molar-refractivity contribution in [3.05, 3.63) is 58.7 Å². The number of hydrogen-bond donors (Lipinski definition) is 1. The van der Waals surface area contributed by atoms with Crippen LogP contribution in [-0.2, 0) is 16.1 Å². The number of benzene rings is 2. The monoisotopic (exact) mass is 355 g/mol. The summed E-state index contributed by atoms with van der Waals surface area (Å²) in [6, 6.07) is 10.1. The molecule has 0 radical (unpaired) electrons. The Balaban J connectivity index is 2.24. The molecular formula is C20H21NO5. The van der Waals surface area contributed by atoms with E-state index in [2.05, 4.69) is 5.32 Å². The lowest BCUT2D eigenvalue weighted by molar-refractivity contribution is -0.114. The van der Waals surface area contributed by atoms with E-state index in [-0.39, 0.29) is 23.9 Å². The van der Waals surface area contributed by atoms with E-state index in [1.165, 1.54) is 21.0 Å². The smallest absolute Gasteiger partial charge is 0.340 e. The van der Waals surface area contributed by atoms with Crippen LogP contribution in [0.25, 0.3) is 0 Å². The van der Waals surface area contributed by atoms with Gasteiger partial charge in [0.25, 0.3) is 0 Å². The molecule has 6 heteroatoms. The van der Waals surface area contributed by atoms with Crippen molar-refractivity contribution in [1.29, 1.82) is 0 Å². The number of amides is 1. The molecule has 1 amide bonds. The number of Topliss-reactive ketones (excluding diaryl/α,β-unsaturated/α-hetero) is 1. The van der Waals surface area contributed by atoms with Crippen LogP contribution in [-0.4, -0.2) is 24.8 Å². The van der Waals surface area contributed by atoms with E-state index in [4.69, 9.17) is 9.47 Å². The topological polar surface area (TPSA) is 81.7 Å². The molecule has 2 aromatic rings. The number of anilines is 1. The average molecular weight is 355 g/mol. The fraction of sp³-hybridized carbons (Fsp3) is 0.250. The van der Waals surface area contributed by atoms with Crippen LogP contribution in [0.15, 0.2) is 36.4 Å². The first-order valence-corrected chi connectivity index (χ1v) is 8.05. The summed E-state index contributed by atoms with van der Waals surface area (Å²) in [5.74, 6) is -0.419. The summed E-state index contributed by atoms with van der Waals surface area (Å²) in [5.41, 5.74) is 2.54. The van der Waals surface area contributed by atoms with Gasteiger partial charge in [0.2, 0.25) is 5.91 Å². The van der Waals surface area contributed by atoms with E-state index in [0.29, 0.717) is 22.6 Å². The zero-order chi connectivity index (χ0) is 19.3. The lowest BCUT2D eigenvalue weighted by Crippen LogP contribution is -2.14. The van der Waals surface area contributed by atoms with Crippen LogP contribution in [0.2, 0.25) is 0 Å². The van der Waals surface area contributed by atoms with E-state index in [1.807, 2.05) is 0 Å². The number of carbonyl (C=O) groups excluding carboxylic acids is 3. The van der Waals surface area contributed by atoms with Crippen molar-refractivity contribution >= 4 is 23.3 Å². The third-order valence-corrected chi connectivity index (χ3v) is 3.84. The van der Waals surface area contributed by atoms with E-state index in [9.17, 15) is 14.4 Å². The summed E-state index contributed by atoms with van der Waals surface area (Å²) in [7, 11) is 1.50. The Morgan fingerprint density at radius 2 is 1.81 bits per heavy atom. The van der Waals surface area contributed by atoms with E-state index < -0.39 is 5.97 Å². The van der Waals surface area contributed by atoms with Crippen molar-refractivity contribution in [3.8, 4) is 5.75 Å². The van der Waals surface area contributed by atoms with Gasteiger partial charge in [-0.05, 0) is 43.7 Å². The van der Waals surface area contributed by atoms with Crippen LogP contribution in [0.5, 0.6) is 5.75 Å². The van der Waals surface area contributed by atoms with Crippen LogP contribution in [0.3, 0.4) is 0 Å². The van der Waals surface area contributed by atoms with Gasteiger partial charge in [-0.3, -0.25) is 9.59 Å². The van der Waals surface area contributed by atoms with Gasteiger partial charge in [0.05, 0.1) is 18.4 Å². The number of aryl methyl sites for hydroxylation is 1. The zero-order valence-electron chi connectivity index (χ0n) is 15.2. The fourth-order valence-electron chi connectivity index (χ4n) is 2.51. The minimum atomic E-state index is -0.576. The van der Waals surface area contributed by atoms with Crippen LogP contribution < -0.4 is 10.1 Å². The molecule has 0 heterocycles. The number of nitrogens with one attached hydrogen (secondary N) is 1. The highest BCUT2D eigenvalue weighted by molar-refractivity contribution is 6.01. The highest BCUT2D eigenvalue weighted by Gasteiger charge is 2.17.